The molecule has 3 rings (SSSR count). The highest BCUT2D eigenvalue weighted by Crippen LogP contribution is 2.41. The van der Waals surface area contributed by atoms with Crippen LogP contribution in [0.5, 0.6) is 0 Å². The molecule has 0 radical (unpaired) electrons. The molecule has 1 unspecified atom stereocenters. The Balaban J connectivity index is 1.54. The van der Waals surface area contributed by atoms with Gasteiger partial charge in [-0.05, 0) is 30.2 Å². The first kappa shape index (κ1) is 12.3. The molecule has 100 valence electrons. The third-order valence-electron chi connectivity index (χ3n) is 4.23. The molecule has 0 N–H and O–H groups in total. The summed E-state index contributed by atoms with van der Waals surface area (Å²) in [6.45, 7) is 0.348. The van der Waals surface area contributed by atoms with Gasteiger partial charge >= 0.3 is 6.09 Å². The Labute approximate surface area is 113 Å². The SMILES string of the molecule is CN(C(=O)OCc1ccccc1)C1C[C@@H]2C=C[C@H]1C2. The van der Waals surface area contributed by atoms with Crippen LogP contribution in [0.2, 0.25) is 0 Å². The van der Waals surface area contributed by atoms with E-state index in [4.69, 9.17) is 4.74 Å². The smallest absolute Gasteiger partial charge is 0.410 e. The topological polar surface area (TPSA) is 29.5 Å². The zero-order valence-electron chi connectivity index (χ0n) is 11.2. The van der Waals surface area contributed by atoms with E-state index in [2.05, 4.69) is 12.2 Å². The second-order valence-electron chi connectivity index (χ2n) is 5.50. The van der Waals surface area contributed by atoms with Crippen LogP contribution in [0.3, 0.4) is 0 Å². The molecule has 2 aliphatic carbocycles. The van der Waals surface area contributed by atoms with Crippen molar-refractivity contribution in [1.82, 2.24) is 4.90 Å². The number of carbonyl (C=O) groups excluding carboxylic acids is 1. The molecule has 3 heteroatoms. The van der Waals surface area contributed by atoms with Crippen LogP contribution in [-0.2, 0) is 11.3 Å². The van der Waals surface area contributed by atoms with Gasteiger partial charge in [0.2, 0.25) is 0 Å². The lowest BCUT2D eigenvalue weighted by molar-refractivity contribution is 0.0864. The molecule has 19 heavy (non-hydrogen) atoms. The first-order valence-electron chi connectivity index (χ1n) is 6.86. The maximum absolute atomic E-state index is 12.1. The highest BCUT2D eigenvalue weighted by atomic mass is 16.6. The number of amides is 1. The van der Waals surface area contributed by atoms with Crippen molar-refractivity contribution in [3.63, 3.8) is 0 Å². The number of allylic oxidation sites excluding steroid dienone is 1. The molecule has 2 bridgehead atoms. The van der Waals surface area contributed by atoms with Gasteiger partial charge in [-0.3, -0.25) is 0 Å². The molecule has 3 atom stereocenters. The molecule has 0 aliphatic heterocycles. The van der Waals surface area contributed by atoms with Gasteiger partial charge in [-0.15, -0.1) is 0 Å². The lowest BCUT2D eigenvalue weighted by Gasteiger charge is -2.28. The fourth-order valence-electron chi connectivity index (χ4n) is 3.15. The van der Waals surface area contributed by atoms with Crippen molar-refractivity contribution in [2.45, 2.75) is 25.5 Å². The second kappa shape index (κ2) is 5.08. The van der Waals surface area contributed by atoms with Crippen molar-refractivity contribution in [3.8, 4) is 0 Å². The molecule has 0 heterocycles. The van der Waals surface area contributed by atoms with Crippen LogP contribution in [0.4, 0.5) is 4.79 Å². The zero-order valence-corrected chi connectivity index (χ0v) is 11.2. The van der Waals surface area contributed by atoms with E-state index in [-0.39, 0.29) is 6.09 Å². The molecular formula is C16H19NO2. The number of rotatable bonds is 3. The monoisotopic (exact) mass is 257 g/mol. The fourth-order valence-corrected chi connectivity index (χ4v) is 3.15. The van der Waals surface area contributed by atoms with E-state index in [0.29, 0.717) is 24.5 Å². The number of fused-ring (bicyclic) bond motifs is 2. The van der Waals surface area contributed by atoms with Crippen molar-refractivity contribution >= 4 is 6.09 Å². The van der Waals surface area contributed by atoms with Gasteiger partial charge in [0.15, 0.2) is 0 Å². The van der Waals surface area contributed by atoms with Crippen molar-refractivity contribution in [2.24, 2.45) is 11.8 Å². The summed E-state index contributed by atoms with van der Waals surface area (Å²) in [6, 6.07) is 10.1. The molecule has 1 aromatic carbocycles. The summed E-state index contributed by atoms with van der Waals surface area (Å²) in [5, 5.41) is 0. The van der Waals surface area contributed by atoms with Gasteiger partial charge in [-0.25, -0.2) is 4.79 Å². The Morgan fingerprint density at radius 1 is 1.26 bits per heavy atom. The van der Waals surface area contributed by atoms with Gasteiger partial charge in [0.25, 0.3) is 0 Å². The number of benzene rings is 1. The fraction of sp³-hybridized carbons (Fsp3) is 0.438. The minimum Gasteiger partial charge on any atom is -0.445 e. The highest BCUT2D eigenvalue weighted by Gasteiger charge is 2.39. The molecule has 1 aromatic rings. The summed E-state index contributed by atoms with van der Waals surface area (Å²) in [6.07, 6.45) is 6.60. The normalized spacial score (nSPS) is 27.5. The number of ether oxygens (including phenoxy) is 1. The summed E-state index contributed by atoms with van der Waals surface area (Å²) in [4.78, 5) is 13.8. The summed E-state index contributed by atoms with van der Waals surface area (Å²) >= 11 is 0. The van der Waals surface area contributed by atoms with E-state index in [1.165, 1.54) is 6.42 Å². The lowest BCUT2D eigenvalue weighted by Crippen LogP contribution is -2.39. The average Bonchev–Trinajstić information content (AvgIpc) is 3.07. The molecule has 1 saturated carbocycles. The van der Waals surface area contributed by atoms with E-state index in [1.54, 1.807) is 4.90 Å². The highest BCUT2D eigenvalue weighted by molar-refractivity contribution is 5.68. The number of hydrogen-bond donors (Lipinski definition) is 0. The van der Waals surface area contributed by atoms with E-state index in [0.717, 1.165) is 12.0 Å². The first-order valence-corrected chi connectivity index (χ1v) is 6.86. The quantitative estimate of drug-likeness (QED) is 0.778. The van der Waals surface area contributed by atoms with E-state index in [1.807, 2.05) is 37.4 Å². The van der Waals surface area contributed by atoms with Crippen molar-refractivity contribution in [3.05, 3.63) is 48.0 Å². The number of nitrogens with zero attached hydrogens (tertiary/aromatic N) is 1. The Morgan fingerprint density at radius 3 is 2.68 bits per heavy atom. The molecular weight excluding hydrogens is 238 g/mol. The van der Waals surface area contributed by atoms with Crippen molar-refractivity contribution in [2.75, 3.05) is 7.05 Å². The van der Waals surface area contributed by atoms with Gasteiger partial charge < -0.3 is 9.64 Å². The average molecular weight is 257 g/mol. The zero-order chi connectivity index (χ0) is 13.2. The Kier molecular flexibility index (Phi) is 3.28. The van der Waals surface area contributed by atoms with Crippen LogP contribution in [0.15, 0.2) is 42.5 Å². The molecule has 0 spiro atoms. The van der Waals surface area contributed by atoms with Gasteiger partial charge in [0, 0.05) is 13.1 Å². The Hall–Kier alpha value is -1.77. The van der Waals surface area contributed by atoms with E-state index < -0.39 is 0 Å². The third kappa shape index (κ3) is 2.50. The van der Waals surface area contributed by atoms with Gasteiger partial charge in [-0.2, -0.15) is 0 Å². The largest absolute Gasteiger partial charge is 0.445 e. The summed E-state index contributed by atoms with van der Waals surface area (Å²) in [5.74, 6) is 1.19. The van der Waals surface area contributed by atoms with Gasteiger partial charge in [0.05, 0.1) is 0 Å². The minimum absolute atomic E-state index is 0.213. The van der Waals surface area contributed by atoms with Crippen LogP contribution < -0.4 is 0 Å². The number of carbonyl (C=O) groups is 1. The summed E-state index contributed by atoms with van der Waals surface area (Å²) < 4.78 is 5.37. The van der Waals surface area contributed by atoms with Crippen LogP contribution in [0.1, 0.15) is 18.4 Å². The van der Waals surface area contributed by atoms with Gasteiger partial charge in [-0.1, -0.05) is 42.5 Å². The molecule has 1 amide bonds. The lowest BCUT2D eigenvalue weighted by atomic mass is 10.0. The Bertz CT molecular complexity index is 483. The van der Waals surface area contributed by atoms with E-state index >= 15 is 0 Å². The molecule has 0 aromatic heterocycles. The predicted octanol–water partition coefficient (Wildman–Crippen LogP) is 3.22. The maximum Gasteiger partial charge on any atom is 0.410 e. The molecule has 3 nitrogen and oxygen atoms in total. The Morgan fingerprint density at radius 2 is 2.05 bits per heavy atom. The minimum atomic E-state index is -0.213. The second-order valence-corrected chi connectivity index (χ2v) is 5.50. The van der Waals surface area contributed by atoms with Gasteiger partial charge in [0.1, 0.15) is 6.61 Å². The first-order chi connectivity index (χ1) is 9.24. The molecule has 0 saturated heterocycles. The standard InChI is InChI=1S/C16H19NO2/c1-17(15-10-13-7-8-14(15)9-13)16(18)19-11-12-5-3-2-4-6-12/h2-8,13-15H,9-11H2,1H3/t13-,14+,15?/m1/s1. The van der Waals surface area contributed by atoms with Crippen LogP contribution in [-0.4, -0.2) is 24.1 Å². The number of hydrogen-bond acceptors (Lipinski definition) is 2. The maximum atomic E-state index is 12.1. The van der Waals surface area contributed by atoms with Crippen molar-refractivity contribution in [1.29, 1.82) is 0 Å². The summed E-state index contributed by atoms with van der Waals surface area (Å²) in [7, 11) is 1.85. The molecule has 2 aliphatic rings. The van der Waals surface area contributed by atoms with Crippen LogP contribution in [0, 0.1) is 11.8 Å². The van der Waals surface area contributed by atoms with E-state index in [9.17, 15) is 4.79 Å². The molecule has 1 fully saturated rings. The van der Waals surface area contributed by atoms with Crippen LogP contribution in [0.25, 0.3) is 0 Å². The van der Waals surface area contributed by atoms with Crippen LogP contribution >= 0.6 is 0 Å². The third-order valence-corrected chi connectivity index (χ3v) is 4.23. The predicted molar refractivity (Wildman–Crippen MR) is 73.5 cm³/mol. The summed E-state index contributed by atoms with van der Waals surface area (Å²) in [5.41, 5.74) is 1.03. The van der Waals surface area contributed by atoms with Crippen molar-refractivity contribution < 1.29 is 9.53 Å².